The zero-order valence-electron chi connectivity index (χ0n) is 13.5. The summed E-state index contributed by atoms with van der Waals surface area (Å²) in [6.07, 6.45) is -1.95. The van der Waals surface area contributed by atoms with E-state index in [0.717, 1.165) is 31.5 Å². The standard InChI is InChI=1S/C17H22F3N3O/c18-17(19,20)14-4-1-3-13(11-14)16(5-9-24-10-6-16)12-23-15-21-7-2-8-22-15/h1,3-4,11H,2,5-10,12H2,(H2,21,22,23). The molecule has 3 rings (SSSR count). The molecule has 1 aromatic carbocycles. The smallest absolute Gasteiger partial charge is 0.381 e. The van der Waals surface area contributed by atoms with Crippen molar-refractivity contribution in [2.45, 2.75) is 30.9 Å². The van der Waals surface area contributed by atoms with Gasteiger partial charge in [-0.25, -0.2) is 0 Å². The zero-order chi connectivity index (χ0) is 17.0. The lowest BCUT2D eigenvalue weighted by Crippen LogP contribution is -2.49. The van der Waals surface area contributed by atoms with Crippen molar-refractivity contribution in [1.82, 2.24) is 10.6 Å². The molecule has 1 fully saturated rings. The summed E-state index contributed by atoms with van der Waals surface area (Å²) < 4.78 is 44.6. The molecule has 2 aliphatic rings. The first-order chi connectivity index (χ1) is 11.5. The van der Waals surface area contributed by atoms with Crippen LogP contribution in [0.4, 0.5) is 13.2 Å². The van der Waals surface area contributed by atoms with Crippen LogP contribution in [0.5, 0.6) is 0 Å². The Balaban J connectivity index is 1.84. The third kappa shape index (κ3) is 3.83. The molecule has 132 valence electrons. The topological polar surface area (TPSA) is 45.7 Å². The minimum atomic E-state index is -4.33. The van der Waals surface area contributed by atoms with Crippen molar-refractivity contribution in [2.24, 2.45) is 4.99 Å². The first kappa shape index (κ1) is 17.1. The maximum atomic E-state index is 13.1. The molecule has 0 amide bonds. The van der Waals surface area contributed by atoms with E-state index in [1.165, 1.54) is 12.1 Å². The highest BCUT2D eigenvalue weighted by atomic mass is 19.4. The molecule has 0 aliphatic carbocycles. The molecule has 0 unspecified atom stereocenters. The van der Waals surface area contributed by atoms with Gasteiger partial charge in [-0.1, -0.05) is 18.2 Å². The lowest BCUT2D eigenvalue weighted by Gasteiger charge is -2.38. The summed E-state index contributed by atoms with van der Waals surface area (Å²) in [4.78, 5) is 4.38. The van der Waals surface area contributed by atoms with E-state index in [9.17, 15) is 13.2 Å². The van der Waals surface area contributed by atoms with Crippen molar-refractivity contribution >= 4 is 5.96 Å². The fourth-order valence-corrected chi connectivity index (χ4v) is 3.26. The van der Waals surface area contributed by atoms with Gasteiger partial charge in [0.05, 0.1) is 5.56 Å². The summed E-state index contributed by atoms with van der Waals surface area (Å²) in [5.74, 6) is 0.735. The summed E-state index contributed by atoms with van der Waals surface area (Å²) in [5.41, 5.74) is -0.259. The third-order valence-electron chi connectivity index (χ3n) is 4.74. The van der Waals surface area contributed by atoms with Crippen molar-refractivity contribution in [3.63, 3.8) is 0 Å². The molecule has 0 aromatic heterocycles. The first-order valence-corrected chi connectivity index (χ1v) is 8.27. The maximum absolute atomic E-state index is 13.1. The van der Waals surface area contributed by atoms with Crippen LogP contribution in [0.15, 0.2) is 29.3 Å². The van der Waals surface area contributed by atoms with Crippen molar-refractivity contribution < 1.29 is 17.9 Å². The number of rotatable bonds is 3. The Morgan fingerprint density at radius 3 is 2.71 bits per heavy atom. The summed E-state index contributed by atoms with van der Waals surface area (Å²) in [6, 6.07) is 5.68. The molecule has 2 N–H and O–H groups in total. The highest BCUT2D eigenvalue weighted by Crippen LogP contribution is 2.37. The van der Waals surface area contributed by atoms with Crippen molar-refractivity contribution in [2.75, 3.05) is 32.8 Å². The summed E-state index contributed by atoms with van der Waals surface area (Å²) >= 11 is 0. The number of nitrogens with one attached hydrogen (secondary N) is 2. The van der Waals surface area contributed by atoms with Gasteiger partial charge in [-0.05, 0) is 30.9 Å². The molecule has 1 saturated heterocycles. The van der Waals surface area contributed by atoms with Crippen molar-refractivity contribution in [3.05, 3.63) is 35.4 Å². The minimum absolute atomic E-state index is 0.374. The Kier molecular flexibility index (Phi) is 4.99. The average molecular weight is 341 g/mol. The SMILES string of the molecule is FC(F)(F)c1cccc(C2(CNC3=NCCCN3)CCOCC2)c1. The van der Waals surface area contributed by atoms with Crippen LogP contribution < -0.4 is 10.6 Å². The predicted octanol–water partition coefficient (Wildman–Crippen LogP) is 2.69. The molecular formula is C17H22F3N3O. The molecule has 4 nitrogen and oxygen atoms in total. The monoisotopic (exact) mass is 341 g/mol. The Morgan fingerprint density at radius 2 is 2.04 bits per heavy atom. The van der Waals surface area contributed by atoms with Crippen LogP contribution >= 0.6 is 0 Å². The number of benzene rings is 1. The Morgan fingerprint density at radius 1 is 1.25 bits per heavy atom. The van der Waals surface area contributed by atoms with E-state index in [1.54, 1.807) is 6.07 Å². The van der Waals surface area contributed by atoms with E-state index < -0.39 is 11.7 Å². The van der Waals surface area contributed by atoms with Crippen LogP contribution in [0, 0.1) is 0 Å². The molecule has 2 heterocycles. The van der Waals surface area contributed by atoms with Gasteiger partial charge < -0.3 is 15.4 Å². The largest absolute Gasteiger partial charge is 0.416 e. The second-order valence-corrected chi connectivity index (χ2v) is 6.34. The second-order valence-electron chi connectivity index (χ2n) is 6.34. The molecular weight excluding hydrogens is 319 g/mol. The van der Waals surface area contributed by atoms with E-state index >= 15 is 0 Å². The molecule has 1 aromatic rings. The molecule has 0 saturated carbocycles. The lowest BCUT2D eigenvalue weighted by atomic mass is 9.73. The average Bonchev–Trinajstić information content (AvgIpc) is 2.61. The van der Waals surface area contributed by atoms with E-state index in [2.05, 4.69) is 15.6 Å². The summed E-state index contributed by atoms with van der Waals surface area (Å²) in [5, 5.41) is 6.48. The number of alkyl halides is 3. The van der Waals surface area contributed by atoms with Crippen molar-refractivity contribution in [3.8, 4) is 0 Å². The van der Waals surface area contributed by atoms with Crippen LogP contribution in [0.1, 0.15) is 30.4 Å². The normalized spacial score (nSPS) is 20.9. The van der Waals surface area contributed by atoms with Gasteiger partial charge in [0.15, 0.2) is 5.96 Å². The van der Waals surface area contributed by atoms with Gasteiger partial charge in [0, 0.05) is 38.3 Å². The van der Waals surface area contributed by atoms with Gasteiger partial charge in [0.25, 0.3) is 0 Å². The molecule has 7 heteroatoms. The molecule has 2 aliphatic heterocycles. The minimum Gasteiger partial charge on any atom is -0.381 e. The molecule has 0 radical (unpaired) electrons. The number of ether oxygens (including phenoxy) is 1. The number of hydrogen-bond acceptors (Lipinski definition) is 4. The van der Waals surface area contributed by atoms with Crippen LogP contribution in [-0.2, 0) is 16.3 Å². The molecule has 0 bridgehead atoms. The first-order valence-electron chi connectivity index (χ1n) is 8.27. The van der Waals surface area contributed by atoms with Gasteiger partial charge in [-0.2, -0.15) is 13.2 Å². The van der Waals surface area contributed by atoms with E-state index in [4.69, 9.17) is 4.74 Å². The van der Waals surface area contributed by atoms with Gasteiger partial charge in [-0.3, -0.25) is 4.99 Å². The van der Waals surface area contributed by atoms with Gasteiger partial charge >= 0.3 is 6.18 Å². The number of hydrogen-bond donors (Lipinski definition) is 2. The van der Waals surface area contributed by atoms with E-state index in [1.807, 2.05) is 0 Å². The third-order valence-corrected chi connectivity index (χ3v) is 4.74. The number of guanidine groups is 1. The van der Waals surface area contributed by atoms with Gasteiger partial charge in [-0.15, -0.1) is 0 Å². The Bertz CT molecular complexity index is 595. The number of aliphatic imine (C=N–C) groups is 1. The predicted molar refractivity (Wildman–Crippen MR) is 86.1 cm³/mol. The Hall–Kier alpha value is -1.76. The fraction of sp³-hybridized carbons (Fsp3) is 0.588. The molecule has 0 atom stereocenters. The van der Waals surface area contributed by atoms with E-state index in [0.29, 0.717) is 38.2 Å². The Labute approximate surface area is 139 Å². The van der Waals surface area contributed by atoms with Gasteiger partial charge in [0.2, 0.25) is 0 Å². The van der Waals surface area contributed by atoms with Crippen LogP contribution in [-0.4, -0.2) is 38.8 Å². The summed E-state index contributed by atoms with van der Waals surface area (Å²) in [7, 11) is 0. The van der Waals surface area contributed by atoms with Crippen LogP contribution in [0.25, 0.3) is 0 Å². The molecule has 24 heavy (non-hydrogen) atoms. The quantitative estimate of drug-likeness (QED) is 0.889. The lowest BCUT2D eigenvalue weighted by molar-refractivity contribution is -0.137. The highest BCUT2D eigenvalue weighted by Gasteiger charge is 2.37. The zero-order valence-corrected chi connectivity index (χ0v) is 13.5. The van der Waals surface area contributed by atoms with Crippen LogP contribution in [0.2, 0.25) is 0 Å². The highest BCUT2D eigenvalue weighted by molar-refractivity contribution is 5.80. The van der Waals surface area contributed by atoms with Crippen molar-refractivity contribution in [1.29, 1.82) is 0 Å². The maximum Gasteiger partial charge on any atom is 0.416 e. The second kappa shape index (κ2) is 7.01. The fourth-order valence-electron chi connectivity index (χ4n) is 3.26. The summed E-state index contributed by atoms with van der Waals surface area (Å²) in [6.45, 7) is 3.29. The molecule has 0 spiro atoms. The van der Waals surface area contributed by atoms with Gasteiger partial charge in [0.1, 0.15) is 0 Å². The van der Waals surface area contributed by atoms with Crippen LogP contribution in [0.3, 0.4) is 0 Å². The number of halogens is 3. The number of nitrogens with zero attached hydrogens (tertiary/aromatic N) is 1. The van der Waals surface area contributed by atoms with E-state index in [-0.39, 0.29) is 5.41 Å².